The third kappa shape index (κ3) is 4.52. The predicted molar refractivity (Wildman–Crippen MR) is 125 cm³/mol. The molecular weight excluding hydrogens is 418 g/mol. The molecular formula is C25H27N5O3. The molecule has 1 N–H and O–H groups in total. The number of nitrogens with one attached hydrogen (secondary N) is 1. The summed E-state index contributed by atoms with van der Waals surface area (Å²) < 4.78 is 9.16. The minimum atomic E-state index is -0.0812. The molecule has 1 atom stereocenters. The van der Waals surface area contributed by atoms with Crippen LogP contribution in [0.1, 0.15) is 30.7 Å². The van der Waals surface area contributed by atoms with Crippen LogP contribution in [0.3, 0.4) is 0 Å². The molecule has 3 heterocycles. The van der Waals surface area contributed by atoms with Gasteiger partial charge < -0.3 is 10.1 Å². The summed E-state index contributed by atoms with van der Waals surface area (Å²) in [5.41, 5.74) is 1.83. The van der Waals surface area contributed by atoms with Gasteiger partial charge in [0.25, 0.3) is 5.56 Å². The number of hydrogen-bond acceptors (Lipinski definition) is 5. The molecule has 170 valence electrons. The van der Waals surface area contributed by atoms with Crippen LogP contribution in [-0.4, -0.2) is 44.3 Å². The summed E-state index contributed by atoms with van der Waals surface area (Å²) in [7, 11) is 0. The van der Waals surface area contributed by atoms with Crippen LogP contribution in [-0.2, 0) is 28.9 Å². The fourth-order valence-corrected chi connectivity index (χ4v) is 4.41. The number of benzene rings is 2. The highest BCUT2D eigenvalue weighted by Gasteiger charge is 2.19. The van der Waals surface area contributed by atoms with Gasteiger partial charge in [-0.05, 0) is 37.0 Å². The maximum Gasteiger partial charge on any atom is 0.262 e. The Morgan fingerprint density at radius 3 is 2.70 bits per heavy atom. The Morgan fingerprint density at radius 1 is 1.06 bits per heavy atom. The van der Waals surface area contributed by atoms with E-state index in [2.05, 4.69) is 15.5 Å². The molecule has 1 fully saturated rings. The molecule has 8 heteroatoms. The van der Waals surface area contributed by atoms with Crippen molar-refractivity contribution in [3.05, 3.63) is 76.3 Å². The summed E-state index contributed by atoms with van der Waals surface area (Å²) in [6.45, 7) is 1.81. The molecule has 5 rings (SSSR count). The first kappa shape index (κ1) is 21.3. The molecule has 1 amide bonds. The van der Waals surface area contributed by atoms with Gasteiger partial charge in [0.2, 0.25) is 11.7 Å². The van der Waals surface area contributed by atoms with Crippen molar-refractivity contribution in [1.82, 2.24) is 24.5 Å². The van der Waals surface area contributed by atoms with Crippen molar-refractivity contribution in [2.75, 3.05) is 13.2 Å². The zero-order valence-electron chi connectivity index (χ0n) is 18.4. The van der Waals surface area contributed by atoms with E-state index < -0.39 is 0 Å². The van der Waals surface area contributed by atoms with E-state index in [-0.39, 0.29) is 17.6 Å². The lowest BCUT2D eigenvalue weighted by Gasteiger charge is -2.12. The average molecular weight is 446 g/mol. The summed E-state index contributed by atoms with van der Waals surface area (Å²) in [5.74, 6) is 1.13. The maximum absolute atomic E-state index is 13.3. The van der Waals surface area contributed by atoms with Crippen molar-refractivity contribution >= 4 is 22.6 Å². The normalized spacial score (nSPS) is 15.9. The summed E-state index contributed by atoms with van der Waals surface area (Å²) in [4.78, 5) is 25.7. The molecule has 2 aromatic carbocycles. The average Bonchev–Trinajstić information content (AvgIpc) is 3.52. The van der Waals surface area contributed by atoms with Gasteiger partial charge in [0, 0.05) is 32.5 Å². The van der Waals surface area contributed by atoms with E-state index in [0.717, 1.165) is 30.5 Å². The number of carbonyl (C=O) groups is 1. The molecule has 1 aliphatic rings. The summed E-state index contributed by atoms with van der Waals surface area (Å²) >= 11 is 0. The number of rotatable bonds is 8. The van der Waals surface area contributed by atoms with E-state index in [0.29, 0.717) is 49.3 Å². The van der Waals surface area contributed by atoms with Gasteiger partial charge >= 0.3 is 0 Å². The Kier molecular flexibility index (Phi) is 6.17. The third-order valence-corrected chi connectivity index (χ3v) is 6.17. The van der Waals surface area contributed by atoms with E-state index in [1.54, 1.807) is 4.57 Å². The molecule has 4 aromatic rings. The van der Waals surface area contributed by atoms with Gasteiger partial charge in [-0.1, -0.05) is 42.5 Å². The largest absolute Gasteiger partial charge is 0.376 e. The first-order valence-electron chi connectivity index (χ1n) is 11.5. The van der Waals surface area contributed by atoms with Crippen LogP contribution in [0.25, 0.3) is 16.7 Å². The molecule has 0 bridgehead atoms. The lowest BCUT2D eigenvalue weighted by atomic mass is 10.1. The zero-order chi connectivity index (χ0) is 22.6. The van der Waals surface area contributed by atoms with Gasteiger partial charge in [-0.2, -0.15) is 0 Å². The number of amides is 1. The minimum Gasteiger partial charge on any atom is -0.376 e. The molecule has 0 spiro atoms. The van der Waals surface area contributed by atoms with Crippen LogP contribution in [0, 0.1) is 0 Å². The van der Waals surface area contributed by atoms with Crippen molar-refractivity contribution in [1.29, 1.82) is 0 Å². The number of hydrogen-bond donors (Lipinski definition) is 1. The minimum absolute atomic E-state index is 0.0380. The summed E-state index contributed by atoms with van der Waals surface area (Å²) in [6.07, 6.45) is 3.59. The van der Waals surface area contributed by atoms with E-state index in [1.165, 1.54) is 0 Å². The first-order chi connectivity index (χ1) is 16.2. The Balaban J connectivity index is 1.41. The molecule has 33 heavy (non-hydrogen) atoms. The second kappa shape index (κ2) is 9.54. The standard InChI is InChI=1S/C25H27N5O3/c31-23(26-17-19-9-6-16-33-19)13-12-22-27-28-25-29(15-14-18-7-2-1-3-8-18)24(32)20-10-4-5-11-21(20)30(22)25/h1-5,7-8,10-11,19H,6,9,12-17H2,(H,26,31). The van der Waals surface area contributed by atoms with Gasteiger partial charge in [-0.25, -0.2) is 0 Å². The van der Waals surface area contributed by atoms with E-state index >= 15 is 0 Å². The molecule has 0 aliphatic carbocycles. The van der Waals surface area contributed by atoms with Gasteiger partial charge in [-0.3, -0.25) is 18.6 Å². The van der Waals surface area contributed by atoms with E-state index in [9.17, 15) is 9.59 Å². The van der Waals surface area contributed by atoms with Crippen LogP contribution < -0.4 is 10.9 Å². The Hall–Kier alpha value is -3.52. The zero-order valence-corrected chi connectivity index (χ0v) is 18.4. The SMILES string of the molecule is O=C(CCc1nnc2n(CCc3ccccc3)c(=O)c3ccccc3n12)NCC1CCCO1. The number of aryl methyl sites for hydroxylation is 3. The second-order valence-electron chi connectivity index (χ2n) is 8.40. The Morgan fingerprint density at radius 2 is 1.88 bits per heavy atom. The highest BCUT2D eigenvalue weighted by Crippen LogP contribution is 2.16. The number of nitrogens with zero attached hydrogens (tertiary/aromatic N) is 4. The molecule has 0 radical (unpaired) electrons. The monoisotopic (exact) mass is 445 g/mol. The van der Waals surface area contributed by atoms with Crippen molar-refractivity contribution in [2.45, 2.75) is 44.8 Å². The van der Waals surface area contributed by atoms with Crippen molar-refractivity contribution in [3.63, 3.8) is 0 Å². The summed E-state index contributed by atoms with van der Waals surface area (Å²) in [6, 6.07) is 17.5. The number of aromatic nitrogens is 4. The fourth-order valence-electron chi connectivity index (χ4n) is 4.41. The van der Waals surface area contributed by atoms with Crippen LogP contribution in [0.15, 0.2) is 59.4 Å². The van der Waals surface area contributed by atoms with Crippen molar-refractivity contribution in [3.8, 4) is 0 Å². The second-order valence-corrected chi connectivity index (χ2v) is 8.40. The highest BCUT2D eigenvalue weighted by atomic mass is 16.5. The number of ether oxygens (including phenoxy) is 1. The topological polar surface area (TPSA) is 90.5 Å². The van der Waals surface area contributed by atoms with Crippen LogP contribution >= 0.6 is 0 Å². The lowest BCUT2D eigenvalue weighted by molar-refractivity contribution is -0.121. The maximum atomic E-state index is 13.3. The number of para-hydroxylation sites is 1. The molecule has 1 unspecified atom stereocenters. The van der Waals surface area contributed by atoms with Gasteiger partial charge in [0.05, 0.1) is 17.0 Å². The van der Waals surface area contributed by atoms with Crippen molar-refractivity contribution < 1.29 is 9.53 Å². The van der Waals surface area contributed by atoms with Gasteiger partial charge in [0.1, 0.15) is 5.82 Å². The summed E-state index contributed by atoms with van der Waals surface area (Å²) in [5, 5.41) is 12.3. The Bertz CT molecular complexity index is 1320. The molecule has 0 saturated carbocycles. The molecule has 2 aromatic heterocycles. The lowest BCUT2D eigenvalue weighted by Crippen LogP contribution is -2.32. The molecule has 1 aliphatic heterocycles. The van der Waals surface area contributed by atoms with Crippen molar-refractivity contribution in [2.24, 2.45) is 0 Å². The van der Waals surface area contributed by atoms with Crippen LogP contribution in [0.2, 0.25) is 0 Å². The smallest absolute Gasteiger partial charge is 0.262 e. The van der Waals surface area contributed by atoms with Crippen LogP contribution in [0.4, 0.5) is 0 Å². The number of fused-ring (bicyclic) bond motifs is 3. The quantitative estimate of drug-likeness (QED) is 0.450. The third-order valence-electron chi connectivity index (χ3n) is 6.17. The van der Waals surface area contributed by atoms with Gasteiger partial charge in [-0.15, -0.1) is 10.2 Å². The molecule has 1 saturated heterocycles. The molecule has 8 nitrogen and oxygen atoms in total. The van der Waals surface area contributed by atoms with E-state index in [4.69, 9.17) is 4.74 Å². The highest BCUT2D eigenvalue weighted by molar-refractivity contribution is 5.80. The predicted octanol–water partition coefficient (Wildman–Crippen LogP) is 2.51. The first-order valence-corrected chi connectivity index (χ1v) is 11.5. The number of carbonyl (C=O) groups excluding carboxylic acids is 1. The van der Waals surface area contributed by atoms with E-state index in [1.807, 2.05) is 59.0 Å². The van der Waals surface area contributed by atoms with Gasteiger partial charge in [0.15, 0.2) is 0 Å². The fraction of sp³-hybridized carbons (Fsp3) is 0.360. The Labute approximate surface area is 191 Å². The van der Waals surface area contributed by atoms with Crippen LogP contribution in [0.5, 0.6) is 0 Å².